The van der Waals surface area contributed by atoms with Gasteiger partial charge in [0.25, 0.3) is 11.8 Å². The molecule has 7 unspecified atom stereocenters. The molecule has 7 rings (SSSR count). The van der Waals surface area contributed by atoms with Crippen LogP contribution in [0.2, 0.25) is 5.02 Å². The molecule has 2 N–H and O–H groups in total. The summed E-state index contributed by atoms with van der Waals surface area (Å²) in [6.07, 6.45) is 9.86. The minimum Gasteiger partial charge on any atom is -0.490 e. The number of aromatic nitrogens is 2. The third-order valence-electron chi connectivity index (χ3n) is 11.5. The van der Waals surface area contributed by atoms with Gasteiger partial charge in [0.15, 0.2) is 0 Å². The van der Waals surface area contributed by atoms with Crippen LogP contribution < -0.4 is 19.1 Å². The molecule has 2 aliphatic carbocycles. The highest BCUT2D eigenvalue weighted by molar-refractivity contribution is 7.93. The number of amides is 2. The van der Waals surface area contributed by atoms with E-state index < -0.39 is 33.1 Å². The van der Waals surface area contributed by atoms with Gasteiger partial charge in [0.2, 0.25) is 5.88 Å². The van der Waals surface area contributed by atoms with Crippen molar-refractivity contribution < 1.29 is 28.4 Å². The zero-order chi connectivity index (χ0) is 36.1. The molecule has 7 atom stereocenters. The largest absolute Gasteiger partial charge is 0.490 e. The first kappa shape index (κ1) is 35.5. The van der Waals surface area contributed by atoms with Gasteiger partial charge in [-0.15, -0.1) is 9.46 Å². The zero-order valence-electron chi connectivity index (χ0n) is 29.5. The lowest BCUT2D eigenvalue weighted by molar-refractivity contribution is 0.0455. The van der Waals surface area contributed by atoms with Crippen molar-refractivity contribution in [1.82, 2.24) is 14.5 Å². The van der Waals surface area contributed by atoms with Gasteiger partial charge in [-0.3, -0.25) is 19.0 Å². The molecule has 0 saturated heterocycles. The number of ether oxygens (including phenoxy) is 2. The van der Waals surface area contributed by atoms with Gasteiger partial charge in [-0.05, 0) is 105 Å². The Morgan fingerprint density at radius 3 is 2.78 bits per heavy atom. The van der Waals surface area contributed by atoms with Crippen LogP contribution in [0.3, 0.4) is 0 Å². The molecule has 2 amide bonds. The summed E-state index contributed by atoms with van der Waals surface area (Å²) in [6, 6.07) is 11.4. The van der Waals surface area contributed by atoms with Crippen molar-refractivity contribution in [2.24, 2.45) is 29.2 Å². The maximum absolute atomic E-state index is 14.8. The number of carbonyl (C=O) groups is 2. The Kier molecular flexibility index (Phi) is 9.70. The molecule has 1 fully saturated rings. The Morgan fingerprint density at radius 2 is 2.02 bits per heavy atom. The minimum absolute atomic E-state index is 0.0664. The number of aryl methyl sites for hydroxylation is 2. The van der Waals surface area contributed by atoms with Gasteiger partial charge < -0.3 is 19.5 Å². The number of nitrogens with one attached hydrogen (secondary N) is 1. The number of aliphatic hydroxyl groups excluding tert-OH is 1. The van der Waals surface area contributed by atoms with Gasteiger partial charge in [0.1, 0.15) is 21.2 Å². The normalized spacial score (nSPS) is 31.2. The van der Waals surface area contributed by atoms with Gasteiger partial charge in [-0.2, -0.15) is 0 Å². The third-order valence-corrected chi connectivity index (χ3v) is 14.1. The smallest absolute Gasteiger partial charge is 0.286 e. The lowest BCUT2D eigenvalue weighted by Crippen LogP contribution is -2.49. The first-order valence-corrected chi connectivity index (χ1v) is 19.7. The van der Waals surface area contributed by atoms with Crippen LogP contribution in [0.25, 0.3) is 0 Å². The molecule has 4 aliphatic rings. The summed E-state index contributed by atoms with van der Waals surface area (Å²) in [5.74, 6) is -0.625. The highest BCUT2D eigenvalue weighted by Crippen LogP contribution is 2.47. The van der Waals surface area contributed by atoms with Crippen LogP contribution in [0.4, 0.5) is 5.69 Å². The summed E-state index contributed by atoms with van der Waals surface area (Å²) in [6.45, 7) is 5.43. The maximum Gasteiger partial charge on any atom is 0.286 e. The lowest BCUT2D eigenvalue weighted by atomic mass is 9.68. The molecule has 2 aromatic carbocycles. The summed E-state index contributed by atoms with van der Waals surface area (Å²) >= 11 is 6.44. The van der Waals surface area contributed by atoms with E-state index >= 15 is 0 Å². The zero-order valence-corrected chi connectivity index (χ0v) is 31.1. The predicted molar refractivity (Wildman–Crippen MR) is 197 cm³/mol. The van der Waals surface area contributed by atoms with Crippen molar-refractivity contribution >= 4 is 39.0 Å². The van der Waals surface area contributed by atoms with Crippen LogP contribution in [0.5, 0.6) is 11.6 Å². The number of benzene rings is 2. The maximum atomic E-state index is 14.8. The number of halogens is 1. The molecule has 1 spiro atoms. The second kappa shape index (κ2) is 13.9. The Balaban J connectivity index is 1.32. The van der Waals surface area contributed by atoms with Gasteiger partial charge in [-0.25, -0.2) is 4.21 Å². The van der Waals surface area contributed by atoms with Crippen LogP contribution >= 0.6 is 11.6 Å². The highest BCUT2D eigenvalue weighted by Gasteiger charge is 2.44. The van der Waals surface area contributed by atoms with Gasteiger partial charge in [-0.1, -0.05) is 36.7 Å². The number of aliphatic hydroxyl groups is 1. The van der Waals surface area contributed by atoms with E-state index in [1.165, 1.54) is 29.1 Å². The van der Waals surface area contributed by atoms with E-state index in [1.54, 1.807) is 32.2 Å². The van der Waals surface area contributed by atoms with Gasteiger partial charge >= 0.3 is 0 Å². The van der Waals surface area contributed by atoms with E-state index in [2.05, 4.69) is 31.2 Å². The molecule has 13 heteroatoms. The predicted octanol–water partition coefficient (Wildman–Crippen LogP) is 5.88. The standard InChI is InChI=1S/C38H46ClN5O6S/c1-23-7-5-9-33(45)29-13-10-27(29)19-44-21-38(16-6-8-25-17-28(39)12-14-31(25)38)22-50-34-15-11-26(18-32(34)44)35(46)41-51(48,24(23)2)42-36(47)30-20-43(3)40-37(30)49-4/h5,9,11-12,14-15,17-18,20,23-24,27,29,33,45H,6-8,10,13,16,19,21-22H2,1-4H3,(H,41,42,46,47,48)/b9-5+. The number of carbonyl (C=O) groups excluding carboxylic acids is 2. The topological polar surface area (TPSA) is 135 Å². The third kappa shape index (κ3) is 6.78. The number of fused-ring (bicyclic) bond motifs is 4. The average molecular weight is 736 g/mol. The van der Waals surface area contributed by atoms with Crippen LogP contribution in [0.1, 0.15) is 77.8 Å². The van der Waals surface area contributed by atoms with Crippen molar-refractivity contribution in [3.05, 3.63) is 82.0 Å². The summed E-state index contributed by atoms with van der Waals surface area (Å²) in [5.41, 5.74) is 3.25. The van der Waals surface area contributed by atoms with E-state index in [0.717, 1.165) is 42.8 Å². The van der Waals surface area contributed by atoms with Crippen LogP contribution in [-0.4, -0.2) is 69.1 Å². The molecule has 51 heavy (non-hydrogen) atoms. The number of hydrogen-bond donors (Lipinski definition) is 2. The van der Waals surface area contributed by atoms with E-state index in [-0.39, 0.29) is 40.2 Å². The number of allylic oxidation sites excluding steroid dienone is 1. The van der Waals surface area contributed by atoms with E-state index in [9.17, 15) is 18.9 Å². The van der Waals surface area contributed by atoms with Crippen molar-refractivity contribution in [3.63, 3.8) is 0 Å². The van der Waals surface area contributed by atoms with Gasteiger partial charge in [0, 0.05) is 42.3 Å². The summed E-state index contributed by atoms with van der Waals surface area (Å²) < 4.78 is 35.0. The van der Waals surface area contributed by atoms with Crippen molar-refractivity contribution in [1.29, 1.82) is 0 Å². The SMILES string of the molecule is COc1nn(C)cc1C(=O)NS1(=O)=NC(=O)c2ccc3c(c2)N(CC2CCC2C(O)/C=C/CC(C)C1C)CC1(CCCc2cc(Cl)ccc21)CO3. The number of methoxy groups -OCH3 is 1. The Hall–Kier alpha value is -3.87. The Labute approximate surface area is 304 Å². The molecule has 2 aliphatic heterocycles. The fourth-order valence-electron chi connectivity index (χ4n) is 8.22. The second-order valence-corrected chi connectivity index (χ2v) is 17.5. The molecule has 0 radical (unpaired) electrons. The Bertz CT molecular complexity index is 2010. The summed E-state index contributed by atoms with van der Waals surface area (Å²) in [5, 5.41) is 15.5. The second-order valence-electron chi connectivity index (χ2n) is 14.7. The minimum atomic E-state index is -3.70. The van der Waals surface area contributed by atoms with E-state index in [1.807, 2.05) is 25.1 Å². The highest BCUT2D eigenvalue weighted by atomic mass is 35.5. The Morgan fingerprint density at radius 1 is 1.20 bits per heavy atom. The van der Waals surface area contributed by atoms with Crippen molar-refractivity contribution in [3.8, 4) is 11.6 Å². The number of nitrogens with zero attached hydrogens (tertiary/aromatic N) is 4. The lowest BCUT2D eigenvalue weighted by Gasteiger charge is -2.45. The molecule has 3 heterocycles. The number of rotatable bonds is 3. The quantitative estimate of drug-likeness (QED) is 0.319. The monoisotopic (exact) mass is 735 g/mol. The molecule has 1 saturated carbocycles. The molecular formula is C38H46ClN5O6S. The van der Waals surface area contributed by atoms with E-state index in [4.69, 9.17) is 21.1 Å². The molecule has 272 valence electrons. The first-order valence-electron chi connectivity index (χ1n) is 17.7. The average Bonchev–Trinajstić information content (AvgIpc) is 3.41. The summed E-state index contributed by atoms with van der Waals surface area (Å²) in [4.78, 5) is 30.0. The fraction of sp³-hybridized carbons (Fsp3) is 0.500. The summed E-state index contributed by atoms with van der Waals surface area (Å²) in [7, 11) is -0.658. The molecule has 1 aromatic heterocycles. The van der Waals surface area contributed by atoms with Crippen LogP contribution in [0.15, 0.2) is 59.1 Å². The first-order chi connectivity index (χ1) is 24.4. The number of hydrogen-bond acceptors (Lipinski definition) is 8. The van der Waals surface area contributed by atoms with Crippen LogP contribution in [-0.2, 0) is 28.8 Å². The van der Waals surface area contributed by atoms with Crippen LogP contribution in [0, 0.1) is 17.8 Å². The molecule has 3 aromatic rings. The van der Waals surface area contributed by atoms with Crippen molar-refractivity contribution in [2.45, 2.75) is 69.1 Å². The molecule has 2 bridgehead atoms. The molecule has 11 nitrogen and oxygen atoms in total. The van der Waals surface area contributed by atoms with E-state index in [0.29, 0.717) is 31.9 Å². The molecular weight excluding hydrogens is 690 g/mol. The number of anilines is 1. The van der Waals surface area contributed by atoms with Crippen molar-refractivity contribution in [2.75, 3.05) is 31.7 Å². The van der Waals surface area contributed by atoms with Gasteiger partial charge in [0.05, 0.1) is 30.8 Å². The fourth-order valence-corrected chi connectivity index (χ4v) is 10.3.